The molecule has 4 rings (SSSR count). The van der Waals surface area contributed by atoms with Crippen LogP contribution in [0.15, 0.2) is 67.0 Å². The van der Waals surface area contributed by atoms with Gasteiger partial charge in [0, 0.05) is 46.6 Å². The van der Waals surface area contributed by atoms with Crippen molar-refractivity contribution in [3.63, 3.8) is 0 Å². The molecular weight excluding hydrogens is 320 g/mol. The molecule has 0 atom stereocenters. The van der Waals surface area contributed by atoms with Crippen LogP contribution in [0.5, 0.6) is 0 Å². The summed E-state index contributed by atoms with van der Waals surface area (Å²) in [7, 11) is 2.04. The molecule has 2 heterocycles. The molecule has 118 valence electrons. The van der Waals surface area contributed by atoms with Gasteiger partial charge in [-0.15, -0.1) is 0 Å². The lowest BCUT2D eigenvalue weighted by atomic mass is 10.1. The van der Waals surface area contributed by atoms with E-state index in [0.717, 1.165) is 16.9 Å². The Kier molecular flexibility index (Phi) is 3.67. The molecule has 2 aromatic carbocycles. The van der Waals surface area contributed by atoms with E-state index in [4.69, 9.17) is 11.6 Å². The molecule has 0 aliphatic heterocycles. The molecule has 0 bridgehead atoms. The first-order chi connectivity index (χ1) is 11.7. The van der Waals surface area contributed by atoms with Gasteiger partial charge in [-0.1, -0.05) is 29.8 Å². The zero-order valence-corrected chi connectivity index (χ0v) is 13.8. The molecule has 0 saturated carbocycles. The number of fused-ring (bicyclic) bond motifs is 1. The van der Waals surface area contributed by atoms with E-state index in [1.165, 1.54) is 10.9 Å². The number of halogens is 1. The van der Waals surface area contributed by atoms with Crippen molar-refractivity contribution in [2.45, 2.75) is 0 Å². The van der Waals surface area contributed by atoms with Gasteiger partial charge in [-0.2, -0.15) is 0 Å². The summed E-state index contributed by atoms with van der Waals surface area (Å²) >= 11 is 5.92. The van der Waals surface area contributed by atoms with Crippen molar-refractivity contribution in [3.05, 3.63) is 72.0 Å². The van der Waals surface area contributed by atoms with Crippen molar-refractivity contribution in [1.82, 2.24) is 14.5 Å². The van der Waals surface area contributed by atoms with Gasteiger partial charge in [0.15, 0.2) is 0 Å². The summed E-state index contributed by atoms with van der Waals surface area (Å²) in [4.78, 5) is 8.96. The highest BCUT2D eigenvalue weighted by atomic mass is 35.5. The summed E-state index contributed by atoms with van der Waals surface area (Å²) in [6, 6.07) is 17.7. The van der Waals surface area contributed by atoms with Gasteiger partial charge in [0.1, 0.15) is 0 Å². The molecule has 0 spiro atoms. The fourth-order valence-electron chi connectivity index (χ4n) is 2.78. The number of nitrogens with zero attached hydrogens (tertiary/aromatic N) is 3. The fourth-order valence-corrected chi connectivity index (χ4v) is 2.90. The number of para-hydroxylation sites is 1. The normalized spacial score (nSPS) is 10.9. The van der Waals surface area contributed by atoms with Gasteiger partial charge in [-0.25, -0.2) is 9.97 Å². The van der Waals surface area contributed by atoms with E-state index >= 15 is 0 Å². The average molecular weight is 335 g/mol. The van der Waals surface area contributed by atoms with Gasteiger partial charge in [0.2, 0.25) is 5.95 Å². The predicted molar refractivity (Wildman–Crippen MR) is 98.7 cm³/mol. The van der Waals surface area contributed by atoms with Crippen LogP contribution in [0.4, 0.5) is 11.6 Å². The molecule has 4 aromatic rings. The van der Waals surface area contributed by atoms with E-state index in [1.807, 2.05) is 49.5 Å². The monoisotopic (exact) mass is 334 g/mol. The second-order valence-corrected chi connectivity index (χ2v) is 6.00. The molecule has 0 aliphatic rings. The van der Waals surface area contributed by atoms with E-state index in [0.29, 0.717) is 11.0 Å². The molecule has 0 unspecified atom stereocenters. The van der Waals surface area contributed by atoms with Crippen molar-refractivity contribution in [3.8, 4) is 11.3 Å². The number of rotatable bonds is 3. The quantitative estimate of drug-likeness (QED) is 0.571. The molecular formula is C19H15ClN4. The van der Waals surface area contributed by atoms with Crippen LogP contribution in [0.2, 0.25) is 5.02 Å². The van der Waals surface area contributed by atoms with Crippen molar-refractivity contribution >= 4 is 34.1 Å². The second-order valence-electron chi connectivity index (χ2n) is 5.57. The SMILES string of the molecule is Cn1cc(-c2ccnc(Nc3ccc(Cl)cc3)n2)c2ccccc21. The summed E-state index contributed by atoms with van der Waals surface area (Å²) < 4.78 is 2.11. The molecule has 0 radical (unpaired) electrons. The van der Waals surface area contributed by atoms with Gasteiger partial charge in [0.25, 0.3) is 0 Å². The van der Waals surface area contributed by atoms with E-state index in [1.54, 1.807) is 6.20 Å². The Labute approximate surface area is 144 Å². The number of aryl methyl sites for hydroxylation is 1. The van der Waals surface area contributed by atoms with Crippen LogP contribution in [0.3, 0.4) is 0 Å². The summed E-state index contributed by atoms with van der Waals surface area (Å²) in [5, 5.41) is 5.09. The lowest BCUT2D eigenvalue weighted by molar-refractivity contribution is 0.969. The van der Waals surface area contributed by atoms with Crippen LogP contribution in [0, 0.1) is 0 Å². The Morgan fingerprint density at radius 1 is 1.00 bits per heavy atom. The topological polar surface area (TPSA) is 42.7 Å². The standard InChI is InChI=1S/C19H15ClN4/c1-24-12-16(15-4-2-3-5-18(15)24)17-10-11-21-19(23-17)22-14-8-6-13(20)7-9-14/h2-12H,1H3,(H,21,22,23). The summed E-state index contributed by atoms with van der Waals surface area (Å²) in [5.74, 6) is 0.558. The predicted octanol–water partition coefficient (Wildman–Crippen LogP) is 5.03. The summed E-state index contributed by atoms with van der Waals surface area (Å²) in [5.41, 5.74) is 4.06. The van der Waals surface area contributed by atoms with Gasteiger partial charge in [-0.05, 0) is 36.4 Å². The Hall–Kier alpha value is -2.85. The number of hydrogen-bond acceptors (Lipinski definition) is 3. The van der Waals surface area contributed by atoms with E-state index in [9.17, 15) is 0 Å². The highest BCUT2D eigenvalue weighted by molar-refractivity contribution is 6.30. The average Bonchev–Trinajstić information content (AvgIpc) is 2.95. The number of hydrogen-bond donors (Lipinski definition) is 1. The number of anilines is 2. The molecule has 0 amide bonds. The first-order valence-corrected chi connectivity index (χ1v) is 7.98. The van der Waals surface area contributed by atoms with Gasteiger partial charge in [0.05, 0.1) is 5.69 Å². The number of aromatic nitrogens is 3. The van der Waals surface area contributed by atoms with Gasteiger partial charge in [-0.3, -0.25) is 0 Å². The first-order valence-electron chi connectivity index (χ1n) is 7.61. The summed E-state index contributed by atoms with van der Waals surface area (Å²) in [6.45, 7) is 0. The van der Waals surface area contributed by atoms with Crippen LogP contribution in [-0.4, -0.2) is 14.5 Å². The van der Waals surface area contributed by atoms with Gasteiger partial charge >= 0.3 is 0 Å². The third-order valence-electron chi connectivity index (χ3n) is 3.93. The molecule has 24 heavy (non-hydrogen) atoms. The molecule has 0 fully saturated rings. The minimum Gasteiger partial charge on any atom is -0.350 e. The van der Waals surface area contributed by atoms with Crippen LogP contribution in [-0.2, 0) is 7.05 Å². The maximum absolute atomic E-state index is 5.92. The lowest BCUT2D eigenvalue weighted by Gasteiger charge is -2.06. The fraction of sp³-hybridized carbons (Fsp3) is 0.0526. The van der Waals surface area contributed by atoms with Crippen LogP contribution < -0.4 is 5.32 Å². The second kappa shape index (κ2) is 5.98. The Morgan fingerprint density at radius 2 is 1.79 bits per heavy atom. The Morgan fingerprint density at radius 3 is 2.62 bits per heavy atom. The van der Waals surface area contributed by atoms with Crippen molar-refractivity contribution in [2.75, 3.05) is 5.32 Å². The van der Waals surface area contributed by atoms with Crippen LogP contribution >= 0.6 is 11.6 Å². The maximum Gasteiger partial charge on any atom is 0.227 e. The minimum atomic E-state index is 0.558. The molecule has 4 nitrogen and oxygen atoms in total. The Bertz CT molecular complexity index is 1010. The zero-order valence-electron chi connectivity index (χ0n) is 13.1. The molecule has 0 saturated heterocycles. The van der Waals surface area contributed by atoms with Crippen molar-refractivity contribution < 1.29 is 0 Å². The highest BCUT2D eigenvalue weighted by Crippen LogP contribution is 2.29. The first kappa shape index (κ1) is 14.7. The zero-order chi connectivity index (χ0) is 16.5. The smallest absolute Gasteiger partial charge is 0.227 e. The van der Waals surface area contributed by atoms with Gasteiger partial charge < -0.3 is 9.88 Å². The van der Waals surface area contributed by atoms with Crippen LogP contribution in [0.25, 0.3) is 22.2 Å². The molecule has 5 heteroatoms. The third kappa shape index (κ3) is 2.72. The number of benzene rings is 2. The van der Waals surface area contributed by atoms with Crippen molar-refractivity contribution in [1.29, 1.82) is 0 Å². The lowest BCUT2D eigenvalue weighted by Crippen LogP contribution is -1.97. The van der Waals surface area contributed by atoms with Crippen molar-refractivity contribution in [2.24, 2.45) is 7.05 Å². The summed E-state index contributed by atoms with van der Waals surface area (Å²) in [6.07, 6.45) is 3.86. The van der Waals surface area contributed by atoms with E-state index in [2.05, 4.69) is 38.2 Å². The molecule has 0 aliphatic carbocycles. The van der Waals surface area contributed by atoms with E-state index in [-0.39, 0.29) is 0 Å². The largest absolute Gasteiger partial charge is 0.350 e. The molecule has 2 aromatic heterocycles. The highest BCUT2D eigenvalue weighted by Gasteiger charge is 2.10. The number of nitrogens with one attached hydrogen (secondary N) is 1. The molecule has 1 N–H and O–H groups in total. The Balaban J connectivity index is 1.73. The van der Waals surface area contributed by atoms with Crippen LogP contribution in [0.1, 0.15) is 0 Å². The third-order valence-corrected chi connectivity index (χ3v) is 4.18. The minimum absolute atomic E-state index is 0.558. The van der Waals surface area contributed by atoms with E-state index < -0.39 is 0 Å². The maximum atomic E-state index is 5.92.